The van der Waals surface area contributed by atoms with Crippen LogP contribution in [0.1, 0.15) is 0 Å². The Morgan fingerprint density at radius 3 is 1.75 bits per heavy atom. The van der Waals surface area contributed by atoms with Gasteiger partial charge in [0.1, 0.15) is 0 Å². The minimum absolute atomic E-state index is 0. The molecule has 0 N–H and O–H groups in total. The zero-order valence-electron chi connectivity index (χ0n) is 1.98. The summed E-state index contributed by atoms with van der Waals surface area (Å²) in [4.78, 5) is 0. The Labute approximate surface area is 38.7 Å². The van der Waals surface area contributed by atoms with Gasteiger partial charge in [-0.25, -0.2) is 0 Å². The predicted molar refractivity (Wildman–Crippen MR) is 12.6 cm³/mol. The van der Waals surface area contributed by atoms with Gasteiger partial charge in [-0.2, -0.15) is 0 Å². The Bertz CT molecular complexity index is 6.00. The molecule has 0 heterocycles. The summed E-state index contributed by atoms with van der Waals surface area (Å²) in [5.74, 6) is 0. The second kappa shape index (κ2) is 9.42. The van der Waals surface area contributed by atoms with Crippen molar-refractivity contribution in [2.45, 2.75) is 0 Å². The van der Waals surface area contributed by atoms with Crippen LogP contribution in [0.3, 0.4) is 0 Å². The zero-order chi connectivity index (χ0) is 2.71. The van der Waals surface area contributed by atoms with Crippen molar-refractivity contribution in [1.82, 2.24) is 0 Å². The molecule has 4 radical (unpaired) electrons. The molecule has 4 heteroatoms. The Morgan fingerprint density at radius 1 is 1.75 bits per heavy atom. The van der Waals surface area contributed by atoms with Gasteiger partial charge in [-0.3, -0.25) is 0 Å². The van der Waals surface area contributed by atoms with E-state index in [0.717, 1.165) is 0 Å². The van der Waals surface area contributed by atoms with Crippen LogP contribution in [-0.2, 0) is 18.6 Å². The van der Waals surface area contributed by atoms with Crippen molar-refractivity contribution in [3.8, 4) is 0 Å². The summed E-state index contributed by atoms with van der Waals surface area (Å²) in [5.41, 5.74) is 0. The van der Waals surface area contributed by atoms with Crippen molar-refractivity contribution in [2.24, 2.45) is 0 Å². The van der Waals surface area contributed by atoms with Crippen LogP contribution >= 0.6 is 0 Å². The third kappa shape index (κ3) is 17.2. The largest absolute Gasteiger partial charge is 0.356 e. The molecule has 0 fully saturated rings. The molecule has 0 saturated heterocycles. The molecule has 4 heavy (non-hydrogen) atoms. The van der Waals surface area contributed by atoms with Crippen LogP contribution in [0.2, 0.25) is 0 Å². The summed E-state index contributed by atoms with van der Waals surface area (Å²) in [7, 11) is 4.06. The van der Waals surface area contributed by atoms with E-state index >= 15 is 0 Å². The molecule has 18 valence electrons. The summed E-state index contributed by atoms with van der Waals surface area (Å²) >= 11 is 0. The molecule has 0 saturated carbocycles. The molecule has 0 atom stereocenters. The van der Waals surface area contributed by atoms with Crippen LogP contribution in [0.5, 0.6) is 0 Å². The van der Waals surface area contributed by atoms with Crippen molar-refractivity contribution >= 4 is 15.2 Å². The minimum Gasteiger partial charge on any atom is -0.356 e. The van der Waals surface area contributed by atoms with Gasteiger partial charge in [0, 0.05) is 18.6 Å². The maximum absolute atomic E-state index is 9.94. The van der Waals surface area contributed by atoms with Crippen molar-refractivity contribution in [3.63, 3.8) is 0 Å². The second-order valence-corrected chi connectivity index (χ2v) is 0.126. The topological polar surface area (TPSA) is 0 Å². The van der Waals surface area contributed by atoms with Crippen LogP contribution in [0, 0.1) is 0 Å². The Kier molecular flexibility index (Phi) is 20.8. The Hall–Kier alpha value is 0.644. The van der Waals surface area contributed by atoms with Crippen LogP contribution in [0.25, 0.3) is 0 Å². The maximum Gasteiger partial charge on any atom is 0.290 e. The van der Waals surface area contributed by atoms with E-state index in [2.05, 4.69) is 7.74 Å². The first kappa shape index (κ1) is 8.82. The van der Waals surface area contributed by atoms with E-state index < -0.39 is 0 Å². The van der Waals surface area contributed by atoms with Crippen molar-refractivity contribution < 1.29 is 22.9 Å². The quantitative estimate of drug-likeness (QED) is 0.358. The second-order valence-electron chi connectivity index (χ2n) is 0.126. The van der Waals surface area contributed by atoms with Crippen LogP contribution in [0.15, 0.2) is 0 Å². The Morgan fingerprint density at radius 2 is 1.75 bits per heavy atom. The molecule has 0 nitrogen and oxygen atoms in total. The van der Waals surface area contributed by atoms with E-state index in [4.69, 9.17) is 0 Å². The van der Waals surface area contributed by atoms with Gasteiger partial charge in [0.25, 0.3) is 7.45 Å². The summed E-state index contributed by atoms with van der Waals surface area (Å²) in [6.07, 6.45) is 0. The predicted octanol–water partition coefficient (Wildman–Crippen LogP) is -0.344. The van der Waals surface area contributed by atoms with Gasteiger partial charge < -0.3 is 4.32 Å². The van der Waals surface area contributed by atoms with Gasteiger partial charge >= 0.3 is 0 Å². The molecule has 0 aliphatic rings. The molecule has 0 aliphatic carbocycles. The fraction of sp³-hybridized carbons (Fsp3) is 0. The molecular formula is B2FV. The van der Waals surface area contributed by atoms with E-state index in [1.807, 2.05) is 0 Å². The summed E-state index contributed by atoms with van der Waals surface area (Å²) < 4.78 is 9.94. The van der Waals surface area contributed by atoms with Gasteiger partial charge in [0.05, 0.1) is 7.74 Å². The molecule has 0 unspecified atom stereocenters. The van der Waals surface area contributed by atoms with Gasteiger partial charge in [0.2, 0.25) is 0 Å². The molecule has 0 spiro atoms. The van der Waals surface area contributed by atoms with E-state index in [-0.39, 0.29) is 26.0 Å². The first-order valence-electron chi connectivity index (χ1n) is 0.552. The normalized spacial score (nSPS) is 3.25. The molecular weight excluding hydrogens is 91.6 g/mol. The molecule has 0 aliphatic heterocycles. The van der Waals surface area contributed by atoms with Crippen LogP contribution < -0.4 is 0 Å². The minimum atomic E-state index is 0. The summed E-state index contributed by atoms with van der Waals surface area (Å²) in [5, 5.41) is 0. The van der Waals surface area contributed by atoms with E-state index in [0.29, 0.717) is 0 Å². The van der Waals surface area contributed by atoms with Gasteiger partial charge in [-0.05, 0) is 0 Å². The summed E-state index contributed by atoms with van der Waals surface area (Å²) in [6.45, 7) is 0. The van der Waals surface area contributed by atoms with E-state index in [1.54, 1.807) is 0 Å². The molecule has 0 bridgehead atoms. The molecule has 0 amide bonds. The SMILES string of the molecule is [B][B]F.[V]. The van der Waals surface area contributed by atoms with Crippen molar-refractivity contribution in [2.75, 3.05) is 0 Å². The van der Waals surface area contributed by atoms with E-state index in [1.165, 1.54) is 0 Å². The van der Waals surface area contributed by atoms with Crippen LogP contribution in [-0.4, -0.2) is 15.2 Å². The van der Waals surface area contributed by atoms with Gasteiger partial charge in [0.15, 0.2) is 0 Å². The third-order valence-electron chi connectivity index (χ3n) is 0. The zero-order valence-corrected chi connectivity index (χ0v) is 3.38. The molecule has 0 aromatic carbocycles. The molecule has 0 aromatic rings. The fourth-order valence-electron chi connectivity index (χ4n) is 0. The van der Waals surface area contributed by atoms with E-state index in [9.17, 15) is 4.32 Å². The van der Waals surface area contributed by atoms with Crippen LogP contribution in [0.4, 0.5) is 4.32 Å². The smallest absolute Gasteiger partial charge is 0.290 e. The molecule has 0 rings (SSSR count). The van der Waals surface area contributed by atoms with Gasteiger partial charge in [-0.15, -0.1) is 0 Å². The average molecular weight is 91.6 g/mol. The van der Waals surface area contributed by atoms with Crippen molar-refractivity contribution in [3.05, 3.63) is 0 Å². The first-order valence-corrected chi connectivity index (χ1v) is 0.552. The number of hydrogen-bond acceptors (Lipinski definition) is 0. The standard InChI is InChI=1S/B2F.V/c1-2-3;. The fourth-order valence-corrected chi connectivity index (χ4v) is 0. The average Bonchev–Trinajstić information content (AvgIpc) is 0.918. The monoisotopic (exact) mass is 92.0 g/mol. The number of hydrogen-bond donors (Lipinski definition) is 0. The Balaban J connectivity index is 0. The number of halogens is 1. The molecule has 0 aromatic heterocycles. The van der Waals surface area contributed by atoms with Gasteiger partial charge in [-0.1, -0.05) is 0 Å². The van der Waals surface area contributed by atoms with Crippen molar-refractivity contribution in [1.29, 1.82) is 0 Å². The third-order valence-corrected chi connectivity index (χ3v) is 0. The first-order chi connectivity index (χ1) is 1.41. The summed E-state index contributed by atoms with van der Waals surface area (Å²) in [6, 6.07) is 0. The number of rotatable bonds is 0. The maximum atomic E-state index is 9.94.